The molecule has 0 unspecified atom stereocenters. The predicted octanol–water partition coefficient (Wildman–Crippen LogP) is 3.12. The van der Waals surface area contributed by atoms with Crippen LogP contribution in [0, 0.1) is 0 Å². The van der Waals surface area contributed by atoms with E-state index in [2.05, 4.69) is 37.3 Å². The first kappa shape index (κ1) is 10.5. The van der Waals surface area contributed by atoms with E-state index >= 15 is 0 Å². The summed E-state index contributed by atoms with van der Waals surface area (Å²) in [6.45, 7) is 13.9. The van der Waals surface area contributed by atoms with Gasteiger partial charge >= 0.3 is 0 Å². The van der Waals surface area contributed by atoms with Crippen molar-refractivity contribution in [3.63, 3.8) is 0 Å². The van der Waals surface area contributed by atoms with E-state index in [0.29, 0.717) is 0 Å². The van der Waals surface area contributed by atoms with Gasteiger partial charge in [0.15, 0.2) is 0 Å². The molecule has 1 saturated heterocycles. The zero-order valence-corrected chi connectivity index (χ0v) is 11.3. The van der Waals surface area contributed by atoms with Crippen LogP contribution >= 0.6 is 0 Å². The summed E-state index contributed by atoms with van der Waals surface area (Å²) in [7, 11) is -1.86. The number of rotatable bonds is 2. The molecule has 72 valence electrons. The van der Waals surface area contributed by atoms with E-state index < -0.39 is 16.5 Å². The molecular weight excluding hydrogens is 178 g/mol. The van der Waals surface area contributed by atoms with Crippen molar-refractivity contribution in [1.82, 2.24) is 4.23 Å². The van der Waals surface area contributed by atoms with Crippen LogP contribution in [0.3, 0.4) is 0 Å². The monoisotopic (exact) mass is 201 g/mol. The van der Waals surface area contributed by atoms with Crippen LogP contribution in [0.1, 0.15) is 13.3 Å². The van der Waals surface area contributed by atoms with Gasteiger partial charge in [-0.2, -0.15) is 0 Å². The summed E-state index contributed by atoms with van der Waals surface area (Å²) in [4.78, 5) is 0. The second kappa shape index (κ2) is 3.27. The van der Waals surface area contributed by atoms with Crippen molar-refractivity contribution in [2.75, 3.05) is 6.54 Å². The van der Waals surface area contributed by atoms with Crippen LogP contribution in [0.5, 0.6) is 0 Å². The Morgan fingerprint density at radius 3 is 1.75 bits per heavy atom. The van der Waals surface area contributed by atoms with Gasteiger partial charge in [-0.1, -0.05) is 33.1 Å². The summed E-state index contributed by atoms with van der Waals surface area (Å²) in [6.07, 6.45) is 1.34. The van der Waals surface area contributed by atoms with E-state index in [1.165, 1.54) is 13.0 Å². The maximum absolute atomic E-state index is 2.94. The largest absolute Gasteiger partial charge is 0.345 e. The highest BCUT2D eigenvalue weighted by Crippen LogP contribution is 2.36. The Morgan fingerprint density at radius 1 is 1.00 bits per heavy atom. The molecule has 0 spiro atoms. The van der Waals surface area contributed by atoms with E-state index in [4.69, 9.17) is 0 Å². The van der Waals surface area contributed by atoms with Crippen LogP contribution < -0.4 is 0 Å². The van der Waals surface area contributed by atoms with Gasteiger partial charge in [-0.15, -0.1) is 0 Å². The molecule has 0 N–H and O–H groups in total. The van der Waals surface area contributed by atoms with Gasteiger partial charge in [0, 0.05) is 0 Å². The standard InChI is InChI=1S/C9H23NSi2/c1-6-7-10-11(2,3)8-9-12(10,4)5/h6-9H2,1-5H3. The molecule has 0 aromatic carbocycles. The van der Waals surface area contributed by atoms with Crippen molar-refractivity contribution in [2.24, 2.45) is 0 Å². The van der Waals surface area contributed by atoms with Crippen molar-refractivity contribution in [3.05, 3.63) is 0 Å². The second-order valence-electron chi connectivity index (χ2n) is 5.28. The quantitative estimate of drug-likeness (QED) is 0.621. The van der Waals surface area contributed by atoms with Crippen molar-refractivity contribution >= 4 is 16.5 Å². The Labute approximate surface area is 79.3 Å². The number of hydrogen-bond donors (Lipinski definition) is 0. The molecule has 1 heterocycles. The average molecular weight is 201 g/mol. The van der Waals surface area contributed by atoms with Crippen molar-refractivity contribution < 1.29 is 0 Å². The molecule has 0 atom stereocenters. The minimum atomic E-state index is -0.931. The average Bonchev–Trinajstić information content (AvgIpc) is 2.13. The normalized spacial score (nSPS) is 27.8. The predicted molar refractivity (Wildman–Crippen MR) is 61.6 cm³/mol. The van der Waals surface area contributed by atoms with E-state index in [9.17, 15) is 0 Å². The fourth-order valence-corrected chi connectivity index (χ4v) is 16.8. The lowest BCUT2D eigenvalue weighted by molar-refractivity contribution is 0.612. The smallest absolute Gasteiger partial charge is 0.115 e. The zero-order valence-electron chi connectivity index (χ0n) is 9.28. The first-order chi connectivity index (χ1) is 5.40. The third kappa shape index (κ3) is 1.83. The SMILES string of the molecule is CCCN1[Si](C)(C)CC[Si]1(C)C. The van der Waals surface area contributed by atoms with Crippen molar-refractivity contribution in [3.8, 4) is 0 Å². The van der Waals surface area contributed by atoms with E-state index in [1.807, 2.05) is 0 Å². The van der Waals surface area contributed by atoms with Gasteiger partial charge in [0.25, 0.3) is 0 Å². The van der Waals surface area contributed by atoms with Gasteiger partial charge < -0.3 is 4.23 Å². The molecule has 0 bridgehead atoms. The maximum atomic E-state index is 2.94. The van der Waals surface area contributed by atoms with E-state index in [0.717, 1.165) is 0 Å². The molecule has 1 aliphatic heterocycles. The molecule has 0 amide bonds. The van der Waals surface area contributed by atoms with Crippen LogP contribution in [0.2, 0.25) is 38.3 Å². The van der Waals surface area contributed by atoms with Crippen LogP contribution in [-0.2, 0) is 0 Å². The van der Waals surface area contributed by atoms with Crippen molar-refractivity contribution in [1.29, 1.82) is 0 Å². The van der Waals surface area contributed by atoms with Crippen LogP contribution in [0.25, 0.3) is 0 Å². The Balaban J connectivity index is 2.74. The van der Waals surface area contributed by atoms with Gasteiger partial charge in [0.1, 0.15) is 16.5 Å². The van der Waals surface area contributed by atoms with Crippen LogP contribution in [0.15, 0.2) is 0 Å². The Bertz CT molecular complexity index is 150. The Kier molecular flexibility index (Phi) is 2.86. The molecule has 0 aromatic rings. The van der Waals surface area contributed by atoms with Crippen LogP contribution in [0.4, 0.5) is 0 Å². The summed E-state index contributed by atoms with van der Waals surface area (Å²) < 4.78 is 2.94. The summed E-state index contributed by atoms with van der Waals surface area (Å²) in [5.41, 5.74) is 0. The van der Waals surface area contributed by atoms with Gasteiger partial charge in [0.05, 0.1) is 0 Å². The van der Waals surface area contributed by atoms with E-state index in [1.54, 1.807) is 12.1 Å². The molecule has 0 aromatic heterocycles. The second-order valence-corrected chi connectivity index (χ2v) is 15.1. The first-order valence-electron chi connectivity index (χ1n) is 5.18. The third-order valence-electron chi connectivity index (χ3n) is 3.26. The molecule has 12 heavy (non-hydrogen) atoms. The molecule has 1 rings (SSSR count). The number of hydrogen-bond acceptors (Lipinski definition) is 1. The van der Waals surface area contributed by atoms with Gasteiger partial charge in [-0.05, 0) is 25.1 Å². The fourth-order valence-electron chi connectivity index (χ4n) is 2.53. The Hall–Kier alpha value is 0.394. The summed E-state index contributed by atoms with van der Waals surface area (Å²) in [5, 5.41) is 0. The third-order valence-corrected chi connectivity index (χ3v) is 13.7. The molecule has 1 aliphatic rings. The van der Waals surface area contributed by atoms with Gasteiger partial charge in [-0.3, -0.25) is 0 Å². The highest BCUT2D eigenvalue weighted by atomic mass is 28.4. The first-order valence-corrected chi connectivity index (χ1v) is 11.5. The Morgan fingerprint density at radius 2 is 1.42 bits per heavy atom. The van der Waals surface area contributed by atoms with Crippen molar-refractivity contribution in [2.45, 2.75) is 51.6 Å². The summed E-state index contributed by atoms with van der Waals surface area (Å²) >= 11 is 0. The lowest BCUT2D eigenvalue weighted by Crippen LogP contribution is -2.54. The lowest BCUT2D eigenvalue weighted by atomic mass is 10.5. The fraction of sp³-hybridized carbons (Fsp3) is 1.00. The number of nitrogens with zero attached hydrogens (tertiary/aromatic N) is 1. The molecular formula is C9H23NSi2. The summed E-state index contributed by atoms with van der Waals surface area (Å²) in [6, 6.07) is 3.10. The zero-order chi connectivity index (χ0) is 9.41. The highest BCUT2D eigenvalue weighted by Gasteiger charge is 2.46. The van der Waals surface area contributed by atoms with E-state index in [-0.39, 0.29) is 0 Å². The molecule has 0 saturated carbocycles. The maximum Gasteiger partial charge on any atom is 0.115 e. The highest BCUT2D eigenvalue weighted by molar-refractivity contribution is 6.95. The van der Waals surface area contributed by atoms with Gasteiger partial charge in [-0.25, -0.2) is 0 Å². The molecule has 1 nitrogen and oxygen atoms in total. The van der Waals surface area contributed by atoms with Crippen LogP contribution in [-0.4, -0.2) is 27.2 Å². The molecule has 1 fully saturated rings. The lowest BCUT2D eigenvalue weighted by Gasteiger charge is -2.38. The molecule has 0 aliphatic carbocycles. The molecule has 0 radical (unpaired) electrons. The van der Waals surface area contributed by atoms with Gasteiger partial charge in [0.2, 0.25) is 0 Å². The summed E-state index contributed by atoms with van der Waals surface area (Å²) in [5.74, 6) is 0. The molecule has 3 heteroatoms. The topological polar surface area (TPSA) is 3.24 Å². The minimum absolute atomic E-state index is 0.931. The minimum Gasteiger partial charge on any atom is -0.345 e.